The number of rotatable bonds is 5. The minimum absolute atomic E-state index is 0.0358. The fourth-order valence-electron chi connectivity index (χ4n) is 5.42. The lowest BCUT2D eigenvalue weighted by Crippen LogP contribution is -2.46. The van der Waals surface area contributed by atoms with Gasteiger partial charge in [-0.25, -0.2) is 14.2 Å². The van der Waals surface area contributed by atoms with Gasteiger partial charge in [-0.1, -0.05) is 18.6 Å². The standard InChI is InChI=1S/C24H34N4O4/c1-16(2)27-20-8-3-4-9-21(20)28(24(27)32)23(31)25-15-17-10-12-26(13-11-17)19-7-5-6-18(14-19)22(29)30/h3-4,8-9,16-19H,5-7,10-15H2,1-2H3,(H,25,31)(H,29,30). The first-order valence-electron chi connectivity index (χ1n) is 11.8. The molecule has 2 unspecified atom stereocenters. The van der Waals surface area contributed by atoms with Crippen LogP contribution in [0.3, 0.4) is 0 Å². The maximum atomic E-state index is 12.9. The molecule has 1 saturated carbocycles. The number of nitrogens with one attached hydrogen (secondary N) is 1. The lowest BCUT2D eigenvalue weighted by atomic mass is 9.83. The molecule has 2 heterocycles. The molecular weight excluding hydrogens is 408 g/mol. The Balaban J connectivity index is 1.35. The predicted molar refractivity (Wildman–Crippen MR) is 123 cm³/mol. The van der Waals surface area contributed by atoms with Gasteiger partial charge in [0.25, 0.3) is 0 Å². The van der Waals surface area contributed by atoms with Gasteiger partial charge >= 0.3 is 17.7 Å². The summed E-state index contributed by atoms with van der Waals surface area (Å²) in [7, 11) is 0. The zero-order chi connectivity index (χ0) is 22.8. The summed E-state index contributed by atoms with van der Waals surface area (Å²) in [6.07, 6.45) is 5.54. The molecule has 1 amide bonds. The monoisotopic (exact) mass is 442 g/mol. The summed E-state index contributed by atoms with van der Waals surface area (Å²) in [6.45, 7) is 6.29. The van der Waals surface area contributed by atoms with Crippen LogP contribution in [0.15, 0.2) is 29.1 Å². The maximum Gasteiger partial charge on any atom is 0.337 e. The average Bonchev–Trinajstić information content (AvgIpc) is 3.10. The van der Waals surface area contributed by atoms with Gasteiger partial charge in [-0.3, -0.25) is 9.36 Å². The fourth-order valence-corrected chi connectivity index (χ4v) is 5.42. The zero-order valence-corrected chi connectivity index (χ0v) is 19.0. The first-order chi connectivity index (χ1) is 15.4. The van der Waals surface area contributed by atoms with Crippen molar-refractivity contribution in [2.45, 2.75) is 64.5 Å². The molecule has 0 radical (unpaired) electrons. The number of carboxylic acid groups (broad SMARTS) is 1. The molecule has 0 bridgehead atoms. The number of aliphatic carboxylic acids is 1. The van der Waals surface area contributed by atoms with E-state index < -0.39 is 5.97 Å². The molecule has 2 aliphatic rings. The van der Waals surface area contributed by atoms with Crippen LogP contribution in [0.4, 0.5) is 4.79 Å². The number of carbonyl (C=O) groups is 2. The van der Waals surface area contributed by atoms with Crippen molar-refractivity contribution in [1.29, 1.82) is 0 Å². The SMILES string of the molecule is CC(C)n1c(=O)n(C(=O)NCC2CCN(C3CCCC(C(=O)O)C3)CC2)c2ccccc21. The highest BCUT2D eigenvalue weighted by molar-refractivity contribution is 5.89. The zero-order valence-electron chi connectivity index (χ0n) is 19.0. The van der Waals surface area contributed by atoms with Gasteiger partial charge in [0.1, 0.15) is 0 Å². The summed E-state index contributed by atoms with van der Waals surface area (Å²) in [6, 6.07) is 7.35. The van der Waals surface area contributed by atoms with Gasteiger partial charge in [-0.2, -0.15) is 0 Å². The molecule has 1 aliphatic carbocycles. The second kappa shape index (κ2) is 9.48. The van der Waals surface area contributed by atoms with Gasteiger partial charge in [-0.05, 0) is 77.1 Å². The summed E-state index contributed by atoms with van der Waals surface area (Å²) in [5, 5.41) is 12.3. The molecule has 2 N–H and O–H groups in total. The number of benzene rings is 1. The van der Waals surface area contributed by atoms with Crippen LogP contribution in [0.25, 0.3) is 11.0 Å². The Hall–Kier alpha value is -2.61. The van der Waals surface area contributed by atoms with Crippen molar-refractivity contribution in [3.05, 3.63) is 34.7 Å². The number of carbonyl (C=O) groups excluding carboxylic acids is 1. The molecule has 1 aromatic carbocycles. The van der Waals surface area contributed by atoms with Crippen molar-refractivity contribution in [3.8, 4) is 0 Å². The normalized spacial score (nSPS) is 23.0. The van der Waals surface area contributed by atoms with Gasteiger partial charge in [0.15, 0.2) is 0 Å². The summed E-state index contributed by atoms with van der Waals surface area (Å²) in [5.74, 6) is -0.512. The number of imidazole rings is 1. The second-order valence-corrected chi connectivity index (χ2v) is 9.59. The summed E-state index contributed by atoms with van der Waals surface area (Å²) in [4.78, 5) is 39.7. The van der Waals surface area contributed by atoms with E-state index in [-0.39, 0.29) is 23.7 Å². The number of fused-ring (bicyclic) bond motifs is 1. The predicted octanol–water partition coefficient (Wildman–Crippen LogP) is 3.30. The molecule has 2 fully saturated rings. The highest BCUT2D eigenvalue weighted by atomic mass is 16.4. The van der Waals surface area contributed by atoms with Crippen LogP contribution < -0.4 is 11.0 Å². The Bertz CT molecular complexity index is 1030. The van der Waals surface area contributed by atoms with E-state index in [2.05, 4.69) is 10.2 Å². The van der Waals surface area contributed by atoms with Gasteiger partial charge in [-0.15, -0.1) is 0 Å². The van der Waals surface area contributed by atoms with Crippen LogP contribution in [-0.4, -0.2) is 56.8 Å². The number of piperidine rings is 1. The quantitative estimate of drug-likeness (QED) is 0.741. The molecule has 1 saturated heterocycles. The minimum Gasteiger partial charge on any atom is -0.481 e. The van der Waals surface area contributed by atoms with E-state index in [1.54, 1.807) is 4.57 Å². The van der Waals surface area contributed by atoms with Crippen molar-refractivity contribution in [3.63, 3.8) is 0 Å². The Morgan fingerprint density at radius 1 is 1.09 bits per heavy atom. The van der Waals surface area contributed by atoms with Crippen LogP contribution in [0.1, 0.15) is 58.4 Å². The molecule has 174 valence electrons. The molecule has 8 heteroatoms. The van der Waals surface area contributed by atoms with Gasteiger partial charge in [0, 0.05) is 18.6 Å². The summed E-state index contributed by atoms with van der Waals surface area (Å²) >= 11 is 0. The molecule has 0 spiro atoms. The number of aromatic nitrogens is 2. The van der Waals surface area contributed by atoms with Gasteiger partial charge in [0.2, 0.25) is 0 Å². The van der Waals surface area contributed by atoms with Crippen molar-refractivity contribution in [2.24, 2.45) is 11.8 Å². The van der Waals surface area contributed by atoms with E-state index in [0.717, 1.165) is 57.1 Å². The number of nitrogens with zero attached hydrogens (tertiary/aromatic N) is 3. The largest absolute Gasteiger partial charge is 0.481 e. The highest BCUT2D eigenvalue weighted by Crippen LogP contribution is 2.30. The molecule has 2 atom stereocenters. The van der Waals surface area contributed by atoms with Crippen molar-refractivity contribution in [1.82, 2.24) is 19.4 Å². The van der Waals surface area contributed by atoms with E-state index >= 15 is 0 Å². The number of amides is 1. The van der Waals surface area contributed by atoms with E-state index in [1.165, 1.54) is 4.57 Å². The third-order valence-electron chi connectivity index (χ3n) is 7.20. The Morgan fingerprint density at radius 2 is 1.78 bits per heavy atom. The molecular formula is C24H34N4O4. The topological polar surface area (TPSA) is 96.6 Å². The maximum absolute atomic E-state index is 12.9. The summed E-state index contributed by atoms with van der Waals surface area (Å²) in [5.41, 5.74) is 1.09. The smallest absolute Gasteiger partial charge is 0.337 e. The second-order valence-electron chi connectivity index (χ2n) is 9.59. The van der Waals surface area contributed by atoms with Crippen molar-refractivity contribution in [2.75, 3.05) is 19.6 Å². The third kappa shape index (κ3) is 4.46. The van der Waals surface area contributed by atoms with Crippen LogP contribution >= 0.6 is 0 Å². The number of para-hydroxylation sites is 2. The van der Waals surface area contributed by atoms with Crippen molar-refractivity contribution < 1.29 is 14.7 Å². The van der Waals surface area contributed by atoms with E-state index in [0.29, 0.717) is 24.0 Å². The first-order valence-corrected chi connectivity index (χ1v) is 11.8. The molecule has 8 nitrogen and oxygen atoms in total. The fraction of sp³-hybridized carbons (Fsp3) is 0.625. The molecule has 2 aromatic rings. The van der Waals surface area contributed by atoms with Crippen LogP contribution in [-0.2, 0) is 4.79 Å². The lowest BCUT2D eigenvalue weighted by molar-refractivity contribution is -0.143. The Morgan fingerprint density at radius 3 is 2.44 bits per heavy atom. The van der Waals surface area contributed by atoms with E-state index in [9.17, 15) is 19.5 Å². The molecule has 32 heavy (non-hydrogen) atoms. The van der Waals surface area contributed by atoms with Gasteiger partial charge in [0.05, 0.1) is 17.0 Å². The van der Waals surface area contributed by atoms with Crippen LogP contribution in [0, 0.1) is 11.8 Å². The molecule has 1 aliphatic heterocycles. The summed E-state index contributed by atoms with van der Waals surface area (Å²) < 4.78 is 2.90. The molecule has 1 aromatic heterocycles. The Labute approximate surface area is 188 Å². The van der Waals surface area contributed by atoms with E-state index in [4.69, 9.17) is 0 Å². The first kappa shape index (κ1) is 22.6. The molecule has 4 rings (SSSR count). The highest BCUT2D eigenvalue weighted by Gasteiger charge is 2.32. The average molecular weight is 443 g/mol. The van der Waals surface area contributed by atoms with Crippen molar-refractivity contribution >= 4 is 23.0 Å². The van der Waals surface area contributed by atoms with Gasteiger partial charge < -0.3 is 15.3 Å². The van der Waals surface area contributed by atoms with Crippen LogP contribution in [0.5, 0.6) is 0 Å². The Kier molecular flexibility index (Phi) is 6.69. The third-order valence-corrected chi connectivity index (χ3v) is 7.20. The number of carboxylic acids is 1. The lowest BCUT2D eigenvalue weighted by Gasteiger charge is -2.40. The number of likely N-dealkylation sites (tertiary alicyclic amines) is 1. The number of hydrogen-bond acceptors (Lipinski definition) is 4. The number of hydrogen-bond donors (Lipinski definition) is 2. The van der Waals surface area contributed by atoms with Crippen LogP contribution in [0.2, 0.25) is 0 Å². The van der Waals surface area contributed by atoms with E-state index in [1.807, 2.05) is 38.1 Å². The minimum atomic E-state index is -0.665.